The normalized spacial score (nSPS) is 12.2. The minimum Gasteiger partial charge on any atom is -0.496 e. The summed E-state index contributed by atoms with van der Waals surface area (Å²) < 4.78 is 10.8. The summed E-state index contributed by atoms with van der Waals surface area (Å²) in [5.41, 5.74) is 0.973. The van der Waals surface area contributed by atoms with Crippen LogP contribution < -0.4 is 14.8 Å². The van der Waals surface area contributed by atoms with Gasteiger partial charge in [0.25, 0.3) is 0 Å². The predicted molar refractivity (Wildman–Crippen MR) is 63.0 cm³/mol. The summed E-state index contributed by atoms with van der Waals surface area (Å²) in [5.74, 6) is 1.53. The molecule has 0 radical (unpaired) electrons. The molecule has 0 fully saturated rings. The topological polar surface area (TPSA) is 50.7 Å². The van der Waals surface area contributed by atoms with Crippen molar-refractivity contribution < 1.29 is 14.6 Å². The van der Waals surface area contributed by atoms with Crippen LogP contribution in [0.4, 0.5) is 0 Å². The van der Waals surface area contributed by atoms with Crippen LogP contribution >= 0.6 is 0 Å². The molecule has 0 bridgehead atoms. The molecular weight excluding hydrogens is 206 g/mol. The molecule has 1 rings (SSSR count). The van der Waals surface area contributed by atoms with Crippen LogP contribution in [0.5, 0.6) is 11.5 Å². The molecule has 4 heteroatoms. The summed E-state index contributed by atoms with van der Waals surface area (Å²) in [4.78, 5) is 0. The lowest BCUT2D eigenvalue weighted by Crippen LogP contribution is -2.15. The Morgan fingerprint density at radius 1 is 1.38 bits per heavy atom. The van der Waals surface area contributed by atoms with Gasteiger partial charge in [0.2, 0.25) is 0 Å². The fraction of sp³-hybridized carbons (Fsp3) is 0.500. The molecule has 0 saturated heterocycles. The summed E-state index contributed by atoms with van der Waals surface area (Å²) in [6, 6.07) is 5.78. The van der Waals surface area contributed by atoms with Crippen molar-refractivity contribution in [2.75, 3.05) is 27.4 Å². The Labute approximate surface area is 96.2 Å². The molecule has 90 valence electrons. The molecule has 1 aromatic carbocycles. The Balaban J connectivity index is 3.04. The summed E-state index contributed by atoms with van der Waals surface area (Å²) in [6.45, 7) is 2.32. The van der Waals surface area contributed by atoms with E-state index in [-0.39, 0.29) is 19.3 Å². The molecule has 1 unspecified atom stereocenters. The predicted octanol–water partition coefficient (Wildman–Crippen LogP) is 1.35. The lowest BCUT2D eigenvalue weighted by Gasteiger charge is -2.19. The molecule has 0 aromatic heterocycles. The SMILES string of the molecule is CNC(C)c1c(OC)cccc1OCCO. The second kappa shape index (κ2) is 6.35. The van der Waals surface area contributed by atoms with E-state index in [1.165, 1.54) is 0 Å². The van der Waals surface area contributed by atoms with E-state index in [4.69, 9.17) is 14.6 Å². The number of hydrogen-bond donors (Lipinski definition) is 2. The Hall–Kier alpha value is -1.26. The van der Waals surface area contributed by atoms with Crippen molar-refractivity contribution in [3.05, 3.63) is 23.8 Å². The van der Waals surface area contributed by atoms with Gasteiger partial charge in [0.15, 0.2) is 0 Å². The number of hydrogen-bond acceptors (Lipinski definition) is 4. The number of nitrogens with one attached hydrogen (secondary N) is 1. The Kier molecular flexibility index (Phi) is 5.08. The number of aliphatic hydroxyl groups is 1. The number of aliphatic hydroxyl groups excluding tert-OH is 1. The maximum atomic E-state index is 8.77. The number of benzene rings is 1. The molecule has 0 amide bonds. The summed E-state index contributed by atoms with van der Waals surface area (Å²) >= 11 is 0. The van der Waals surface area contributed by atoms with Gasteiger partial charge in [-0.1, -0.05) is 6.07 Å². The monoisotopic (exact) mass is 225 g/mol. The van der Waals surface area contributed by atoms with E-state index in [0.717, 1.165) is 17.1 Å². The van der Waals surface area contributed by atoms with Crippen LogP contribution in [0, 0.1) is 0 Å². The van der Waals surface area contributed by atoms with Crippen molar-refractivity contribution in [2.24, 2.45) is 0 Å². The molecule has 0 spiro atoms. The van der Waals surface area contributed by atoms with E-state index in [9.17, 15) is 0 Å². The fourth-order valence-corrected chi connectivity index (χ4v) is 1.55. The number of methoxy groups -OCH3 is 1. The van der Waals surface area contributed by atoms with Gasteiger partial charge in [-0.25, -0.2) is 0 Å². The fourth-order valence-electron chi connectivity index (χ4n) is 1.55. The zero-order chi connectivity index (χ0) is 12.0. The quantitative estimate of drug-likeness (QED) is 0.767. The standard InChI is InChI=1S/C12H19NO3/c1-9(13-2)12-10(15-3)5-4-6-11(12)16-8-7-14/h4-6,9,13-14H,7-8H2,1-3H3. The number of ether oxygens (including phenoxy) is 2. The Bertz CT molecular complexity index is 328. The largest absolute Gasteiger partial charge is 0.496 e. The summed E-state index contributed by atoms with van der Waals surface area (Å²) in [6.07, 6.45) is 0. The molecule has 0 aliphatic heterocycles. The highest BCUT2D eigenvalue weighted by molar-refractivity contribution is 5.46. The number of rotatable bonds is 6. The Morgan fingerprint density at radius 3 is 2.62 bits per heavy atom. The molecule has 2 N–H and O–H groups in total. The first-order chi connectivity index (χ1) is 7.74. The minimum atomic E-state index is 0.00455. The smallest absolute Gasteiger partial charge is 0.127 e. The average molecular weight is 225 g/mol. The van der Waals surface area contributed by atoms with Crippen LogP contribution in [0.3, 0.4) is 0 Å². The lowest BCUT2D eigenvalue weighted by molar-refractivity contribution is 0.199. The molecular formula is C12H19NO3. The molecule has 0 aliphatic rings. The lowest BCUT2D eigenvalue weighted by atomic mass is 10.1. The zero-order valence-electron chi connectivity index (χ0n) is 9.99. The van der Waals surface area contributed by atoms with Crippen LogP contribution in [-0.2, 0) is 0 Å². The molecule has 16 heavy (non-hydrogen) atoms. The van der Waals surface area contributed by atoms with Crippen LogP contribution in [0.15, 0.2) is 18.2 Å². The molecule has 0 heterocycles. The van der Waals surface area contributed by atoms with Crippen molar-refractivity contribution in [3.63, 3.8) is 0 Å². The first-order valence-electron chi connectivity index (χ1n) is 5.32. The summed E-state index contributed by atoms with van der Waals surface area (Å²) in [7, 11) is 3.52. The van der Waals surface area contributed by atoms with E-state index in [2.05, 4.69) is 5.32 Å². The van der Waals surface area contributed by atoms with Gasteiger partial charge in [0, 0.05) is 6.04 Å². The van der Waals surface area contributed by atoms with E-state index >= 15 is 0 Å². The van der Waals surface area contributed by atoms with E-state index in [1.807, 2.05) is 32.2 Å². The first-order valence-corrected chi connectivity index (χ1v) is 5.32. The molecule has 0 aliphatic carbocycles. The van der Waals surface area contributed by atoms with E-state index in [0.29, 0.717) is 0 Å². The van der Waals surface area contributed by atoms with Gasteiger partial charge in [0.05, 0.1) is 19.3 Å². The van der Waals surface area contributed by atoms with Gasteiger partial charge in [-0.15, -0.1) is 0 Å². The molecule has 1 aromatic rings. The van der Waals surface area contributed by atoms with Crippen LogP contribution in [-0.4, -0.2) is 32.5 Å². The second-order valence-corrected chi connectivity index (χ2v) is 3.45. The Morgan fingerprint density at radius 2 is 2.06 bits per heavy atom. The highest BCUT2D eigenvalue weighted by Gasteiger charge is 2.15. The van der Waals surface area contributed by atoms with E-state index in [1.54, 1.807) is 7.11 Å². The molecule has 0 saturated carbocycles. The van der Waals surface area contributed by atoms with Gasteiger partial charge in [-0.3, -0.25) is 0 Å². The molecule has 1 atom stereocenters. The maximum Gasteiger partial charge on any atom is 0.127 e. The zero-order valence-corrected chi connectivity index (χ0v) is 9.99. The van der Waals surface area contributed by atoms with Crippen molar-refractivity contribution in [2.45, 2.75) is 13.0 Å². The van der Waals surface area contributed by atoms with E-state index < -0.39 is 0 Å². The van der Waals surface area contributed by atoms with Crippen molar-refractivity contribution in [3.8, 4) is 11.5 Å². The van der Waals surface area contributed by atoms with Gasteiger partial charge in [0.1, 0.15) is 18.1 Å². The third kappa shape index (κ3) is 2.87. The van der Waals surface area contributed by atoms with Crippen LogP contribution in [0.25, 0.3) is 0 Å². The van der Waals surface area contributed by atoms with Crippen LogP contribution in [0.1, 0.15) is 18.5 Å². The maximum absolute atomic E-state index is 8.77. The third-order valence-corrected chi connectivity index (χ3v) is 2.46. The molecule has 4 nitrogen and oxygen atoms in total. The van der Waals surface area contributed by atoms with Crippen molar-refractivity contribution in [1.29, 1.82) is 0 Å². The van der Waals surface area contributed by atoms with Gasteiger partial charge in [-0.2, -0.15) is 0 Å². The first kappa shape index (κ1) is 12.8. The van der Waals surface area contributed by atoms with Gasteiger partial charge < -0.3 is 19.9 Å². The van der Waals surface area contributed by atoms with Gasteiger partial charge >= 0.3 is 0 Å². The average Bonchev–Trinajstić information content (AvgIpc) is 2.34. The second-order valence-electron chi connectivity index (χ2n) is 3.45. The van der Waals surface area contributed by atoms with Crippen molar-refractivity contribution in [1.82, 2.24) is 5.32 Å². The van der Waals surface area contributed by atoms with Crippen LogP contribution in [0.2, 0.25) is 0 Å². The highest BCUT2D eigenvalue weighted by Crippen LogP contribution is 2.33. The van der Waals surface area contributed by atoms with Gasteiger partial charge in [-0.05, 0) is 26.1 Å². The summed E-state index contributed by atoms with van der Waals surface area (Å²) in [5, 5.41) is 11.9. The minimum absolute atomic E-state index is 0.00455. The highest BCUT2D eigenvalue weighted by atomic mass is 16.5. The van der Waals surface area contributed by atoms with Crippen molar-refractivity contribution >= 4 is 0 Å². The third-order valence-electron chi connectivity index (χ3n) is 2.46.